The molecule has 0 aliphatic heterocycles. The molecule has 1 N–H and O–H groups in total. The molecule has 0 unspecified atom stereocenters. The van der Waals surface area contributed by atoms with Gasteiger partial charge in [0.1, 0.15) is 5.75 Å². The highest BCUT2D eigenvalue weighted by atomic mass is 16.5. The molecule has 0 atom stereocenters. The van der Waals surface area contributed by atoms with Crippen molar-refractivity contribution in [1.82, 2.24) is 9.97 Å². The standard InChI is InChI=1S/C14H14N2O3/c1-2-19-13-9-5-6-15-7-10(9)16-12(14(17)18)11(13)8-3-4-8/h5-8H,2-4H2,1H3,(H,17,18). The van der Waals surface area contributed by atoms with Crippen LogP contribution in [-0.2, 0) is 0 Å². The van der Waals surface area contributed by atoms with Gasteiger partial charge in [-0.1, -0.05) is 0 Å². The number of aromatic nitrogens is 2. The van der Waals surface area contributed by atoms with E-state index in [-0.39, 0.29) is 11.6 Å². The number of fused-ring (bicyclic) bond motifs is 1. The number of ether oxygens (including phenoxy) is 1. The Labute approximate surface area is 110 Å². The third kappa shape index (κ3) is 2.01. The van der Waals surface area contributed by atoms with Crippen molar-refractivity contribution in [3.63, 3.8) is 0 Å². The molecule has 1 fully saturated rings. The van der Waals surface area contributed by atoms with E-state index in [0.29, 0.717) is 17.9 Å². The molecule has 19 heavy (non-hydrogen) atoms. The van der Waals surface area contributed by atoms with E-state index in [0.717, 1.165) is 23.8 Å². The van der Waals surface area contributed by atoms with Crippen molar-refractivity contribution in [2.75, 3.05) is 6.61 Å². The van der Waals surface area contributed by atoms with Crippen molar-refractivity contribution in [3.05, 3.63) is 29.7 Å². The molecule has 3 rings (SSSR count). The highest BCUT2D eigenvalue weighted by Crippen LogP contribution is 2.47. The largest absolute Gasteiger partial charge is 0.493 e. The fourth-order valence-corrected chi connectivity index (χ4v) is 2.31. The molecule has 0 spiro atoms. The number of carboxylic acid groups (broad SMARTS) is 1. The SMILES string of the molecule is CCOc1c(C2CC2)c(C(=O)O)nc2cnccc12. The first-order valence-electron chi connectivity index (χ1n) is 6.36. The Morgan fingerprint density at radius 2 is 2.32 bits per heavy atom. The van der Waals surface area contributed by atoms with E-state index in [1.807, 2.05) is 13.0 Å². The lowest BCUT2D eigenvalue weighted by Gasteiger charge is -2.14. The van der Waals surface area contributed by atoms with E-state index in [4.69, 9.17) is 4.74 Å². The summed E-state index contributed by atoms with van der Waals surface area (Å²) in [6, 6.07) is 1.82. The smallest absolute Gasteiger partial charge is 0.354 e. The Hall–Kier alpha value is -2.17. The summed E-state index contributed by atoms with van der Waals surface area (Å²) in [6.07, 6.45) is 5.24. The second-order valence-electron chi connectivity index (χ2n) is 4.61. The molecule has 0 saturated heterocycles. The molecule has 2 heterocycles. The second-order valence-corrected chi connectivity index (χ2v) is 4.61. The third-order valence-electron chi connectivity index (χ3n) is 3.25. The van der Waals surface area contributed by atoms with Crippen LogP contribution in [0.4, 0.5) is 0 Å². The van der Waals surface area contributed by atoms with Gasteiger partial charge < -0.3 is 9.84 Å². The molecule has 2 aromatic heterocycles. The van der Waals surface area contributed by atoms with Crippen LogP contribution < -0.4 is 4.74 Å². The maximum Gasteiger partial charge on any atom is 0.354 e. The summed E-state index contributed by atoms with van der Waals surface area (Å²) >= 11 is 0. The predicted molar refractivity (Wildman–Crippen MR) is 69.6 cm³/mol. The molecule has 0 amide bonds. The van der Waals surface area contributed by atoms with Gasteiger partial charge in [0.05, 0.1) is 18.3 Å². The molecule has 5 nitrogen and oxygen atoms in total. The summed E-state index contributed by atoms with van der Waals surface area (Å²) in [5.74, 6) is -0.0823. The van der Waals surface area contributed by atoms with Gasteiger partial charge in [-0.15, -0.1) is 0 Å². The highest BCUT2D eigenvalue weighted by Gasteiger charge is 2.33. The summed E-state index contributed by atoms with van der Waals surface area (Å²) in [6.45, 7) is 2.39. The molecule has 0 bridgehead atoms. The normalized spacial score (nSPS) is 14.6. The Kier molecular flexibility index (Phi) is 2.81. The summed E-state index contributed by atoms with van der Waals surface area (Å²) < 4.78 is 5.71. The average molecular weight is 258 g/mol. The van der Waals surface area contributed by atoms with Gasteiger partial charge in [0, 0.05) is 17.1 Å². The summed E-state index contributed by atoms with van der Waals surface area (Å²) in [4.78, 5) is 19.6. The highest BCUT2D eigenvalue weighted by molar-refractivity contribution is 5.95. The van der Waals surface area contributed by atoms with Crippen LogP contribution in [0.25, 0.3) is 10.9 Å². The number of nitrogens with zero attached hydrogens (tertiary/aromatic N) is 2. The van der Waals surface area contributed by atoms with Crippen molar-refractivity contribution in [2.24, 2.45) is 0 Å². The van der Waals surface area contributed by atoms with Gasteiger partial charge in [0.2, 0.25) is 0 Å². The van der Waals surface area contributed by atoms with E-state index in [1.165, 1.54) is 0 Å². The summed E-state index contributed by atoms with van der Waals surface area (Å²) in [7, 11) is 0. The fourth-order valence-electron chi connectivity index (χ4n) is 2.31. The van der Waals surface area contributed by atoms with Crippen molar-refractivity contribution >= 4 is 16.9 Å². The fraction of sp³-hybridized carbons (Fsp3) is 0.357. The number of pyridine rings is 2. The number of aromatic carboxylic acids is 1. The van der Waals surface area contributed by atoms with Crippen LogP contribution in [-0.4, -0.2) is 27.7 Å². The van der Waals surface area contributed by atoms with Crippen LogP contribution in [0.5, 0.6) is 5.75 Å². The molecule has 0 aromatic carbocycles. The maximum absolute atomic E-state index is 11.4. The van der Waals surface area contributed by atoms with E-state index >= 15 is 0 Å². The molecule has 1 aliphatic rings. The lowest BCUT2D eigenvalue weighted by Crippen LogP contribution is -2.09. The van der Waals surface area contributed by atoms with Crippen LogP contribution in [0.15, 0.2) is 18.5 Å². The second kappa shape index (κ2) is 4.50. The van der Waals surface area contributed by atoms with Gasteiger partial charge in [0.15, 0.2) is 5.69 Å². The zero-order chi connectivity index (χ0) is 13.4. The minimum absolute atomic E-state index is 0.103. The van der Waals surface area contributed by atoms with Gasteiger partial charge in [0.25, 0.3) is 0 Å². The van der Waals surface area contributed by atoms with E-state index in [9.17, 15) is 9.90 Å². The predicted octanol–water partition coefficient (Wildman–Crippen LogP) is 2.60. The Morgan fingerprint density at radius 1 is 1.53 bits per heavy atom. The molecule has 2 aromatic rings. The van der Waals surface area contributed by atoms with Gasteiger partial charge in [-0.05, 0) is 31.7 Å². The quantitative estimate of drug-likeness (QED) is 0.912. The number of hydrogen-bond acceptors (Lipinski definition) is 4. The summed E-state index contributed by atoms with van der Waals surface area (Å²) in [5, 5.41) is 10.2. The van der Waals surface area contributed by atoms with Crippen LogP contribution in [0, 0.1) is 0 Å². The first kappa shape index (κ1) is 11.9. The zero-order valence-corrected chi connectivity index (χ0v) is 10.6. The summed E-state index contributed by atoms with van der Waals surface area (Å²) in [5.41, 5.74) is 1.41. The van der Waals surface area contributed by atoms with E-state index in [2.05, 4.69) is 9.97 Å². The van der Waals surface area contributed by atoms with Gasteiger partial charge >= 0.3 is 5.97 Å². The number of carbonyl (C=O) groups is 1. The number of carboxylic acids is 1. The topological polar surface area (TPSA) is 72.3 Å². The van der Waals surface area contributed by atoms with Gasteiger partial charge in [-0.3, -0.25) is 4.98 Å². The Morgan fingerprint density at radius 3 is 2.95 bits per heavy atom. The number of hydrogen-bond donors (Lipinski definition) is 1. The van der Waals surface area contributed by atoms with Crippen LogP contribution in [0.2, 0.25) is 0 Å². The van der Waals surface area contributed by atoms with Crippen molar-refractivity contribution in [3.8, 4) is 5.75 Å². The van der Waals surface area contributed by atoms with Crippen LogP contribution >= 0.6 is 0 Å². The molecule has 1 saturated carbocycles. The monoisotopic (exact) mass is 258 g/mol. The minimum atomic E-state index is -1.01. The first-order chi connectivity index (χ1) is 9.22. The van der Waals surface area contributed by atoms with Gasteiger partial charge in [-0.25, -0.2) is 9.78 Å². The Bertz CT molecular complexity index is 650. The lowest BCUT2D eigenvalue weighted by molar-refractivity contribution is 0.0689. The van der Waals surface area contributed by atoms with E-state index < -0.39 is 5.97 Å². The van der Waals surface area contributed by atoms with E-state index in [1.54, 1.807) is 12.4 Å². The average Bonchev–Trinajstić information content (AvgIpc) is 3.22. The molecule has 0 radical (unpaired) electrons. The Balaban J connectivity index is 2.34. The molecule has 5 heteroatoms. The first-order valence-corrected chi connectivity index (χ1v) is 6.36. The zero-order valence-electron chi connectivity index (χ0n) is 10.6. The number of rotatable bonds is 4. The molecule has 98 valence electrons. The van der Waals surface area contributed by atoms with Crippen molar-refractivity contribution in [1.29, 1.82) is 0 Å². The third-order valence-corrected chi connectivity index (χ3v) is 3.25. The van der Waals surface area contributed by atoms with Crippen molar-refractivity contribution < 1.29 is 14.6 Å². The maximum atomic E-state index is 11.4. The van der Waals surface area contributed by atoms with Gasteiger partial charge in [-0.2, -0.15) is 0 Å². The molecular formula is C14H14N2O3. The molecule has 1 aliphatic carbocycles. The molecular weight excluding hydrogens is 244 g/mol. The minimum Gasteiger partial charge on any atom is -0.493 e. The lowest BCUT2D eigenvalue weighted by atomic mass is 10.0. The van der Waals surface area contributed by atoms with Crippen molar-refractivity contribution in [2.45, 2.75) is 25.7 Å². The van der Waals surface area contributed by atoms with Crippen LogP contribution in [0.1, 0.15) is 41.7 Å². The van der Waals surface area contributed by atoms with Crippen LogP contribution in [0.3, 0.4) is 0 Å².